The Bertz CT molecular complexity index is 1990. The summed E-state index contributed by atoms with van der Waals surface area (Å²) in [6.07, 6.45) is 4.05. The molecule has 1 aliphatic heterocycles. The highest BCUT2D eigenvalue weighted by Crippen LogP contribution is 2.32. The maximum Gasteiger partial charge on any atom is 0.271 e. The Morgan fingerprint density at radius 3 is 2.20 bits per heavy atom. The lowest BCUT2D eigenvalue weighted by atomic mass is 9.93. The van der Waals surface area contributed by atoms with Gasteiger partial charge in [0.15, 0.2) is 0 Å². The van der Waals surface area contributed by atoms with Gasteiger partial charge in [0, 0.05) is 34.5 Å². The molecule has 7 nitrogen and oxygen atoms in total. The summed E-state index contributed by atoms with van der Waals surface area (Å²) < 4.78 is 7.73. The molecule has 0 fully saturated rings. The zero-order valence-corrected chi connectivity index (χ0v) is 25.8. The van der Waals surface area contributed by atoms with E-state index in [2.05, 4.69) is 0 Å². The van der Waals surface area contributed by atoms with E-state index in [0.29, 0.717) is 40.6 Å². The van der Waals surface area contributed by atoms with Crippen molar-refractivity contribution < 1.29 is 14.3 Å². The maximum atomic E-state index is 13.9. The average molecular weight is 625 g/mol. The van der Waals surface area contributed by atoms with E-state index in [-0.39, 0.29) is 17.7 Å². The van der Waals surface area contributed by atoms with Gasteiger partial charge in [0.2, 0.25) is 0 Å². The van der Waals surface area contributed by atoms with Crippen molar-refractivity contribution in [2.75, 3.05) is 6.54 Å². The molecule has 2 amide bonds. The Hall–Kier alpha value is -5.71. The normalized spacial score (nSPS) is 14.1. The lowest BCUT2D eigenvalue weighted by Gasteiger charge is -2.27. The van der Waals surface area contributed by atoms with Crippen LogP contribution in [0.2, 0.25) is 5.02 Å². The molecule has 8 heteroatoms. The Morgan fingerprint density at radius 2 is 1.52 bits per heavy atom. The van der Waals surface area contributed by atoms with Crippen LogP contribution in [0.5, 0.6) is 5.75 Å². The molecule has 2 heterocycles. The number of hydrogen-bond acceptors (Lipinski definition) is 5. The summed E-state index contributed by atoms with van der Waals surface area (Å²) in [6, 6.07) is 36.4. The van der Waals surface area contributed by atoms with E-state index in [9.17, 15) is 14.9 Å². The van der Waals surface area contributed by atoms with E-state index in [1.54, 1.807) is 17.7 Å². The van der Waals surface area contributed by atoms with Gasteiger partial charge in [0.25, 0.3) is 11.8 Å². The van der Waals surface area contributed by atoms with Gasteiger partial charge in [0.05, 0.1) is 11.4 Å². The molecule has 1 aromatic heterocycles. The summed E-state index contributed by atoms with van der Waals surface area (Å²) in [5.41, 5.74) is 5.52. The van der Waals surface area contributed by atoms with Gasteiger partial charge in [-0.15, -0.1) is 0 Å². The second-order valence-electron chi connectivity index (χ2n) is 10.8. The maximum absolute atomic E-state index is 13.9. The van der Waals surface area contributed by atoms with Gasteiger partial charge in [-0.2, -0.15) is 10.4 Å². The van der Waals surface area contributed by atoms with Crippen molar-refractivity contribution in [1.29, 1.82) is 5.26 Å². The Balaban J connectivity index is 1.35. The van der Waals surface area contributed by atoms with Crippen LogP contribution in [0.3, 0.4) is 0 Å². The summed E-state index contributed by atoms with van der Waals surface area (Å²) in [5.74, 6) is -0.331. The zero-order chi connectivity index (χ0) is 32.0. The average Bonchev–Trinajstić information content (AvgIpc) is 3.51. The molecule has 0 unspecified atom stereocenters. The number of benzene rings is 4. The molecular formula is C38H29ClN4O3. The van der Waals surface area contributed by atoms with Crippen LogP contribution in [-0.2, 0) is 22.6 Å². The molecule has 0 N–H and O–H groups in total. The second-order valence-corrected chi connectivity index (χ2v) is 11.3. The van der Waals surface area contributed by atoms with Crippen molar-refractivity contribution in [3.63, 3.8) is 0 Å². The van der Waals surface area contributed by atoms with Crippen molar-refractivity contribution in [3.05, 3.63) is 154 Å². The van der Waals surface area contributed by atoms with E-state index in [0.717, 1.165) is 22.4 Å². The van der Waals surface area contributed by atoms with Crippen LogP contribution < -0.4 is 4.74 Å². The largest absolute Gasteiger partial charge is 0.489 e. The topological polar surface area (TPSA) is 88.2 Å². The predicted octanol–water partition coefficient (Wildman–Crippen LogP) is 7.61. The van der Waals surface area contributed by atoms with Gasteiger partial charge < -0.3 is 4.74 Å². The molecule has 0 aliphatic carbocycles. The molecular weight excluding hydrogens is 596 g/mol. The lowest BCUT2D eigenvalue weighted by molar-refractivity contribution is -0.140. The lowest BCUT2D eigenvalue weighted by Crippen LogP contribution is -2.43. The zero-order valence-electron chi connectivity index (χ0n) is 25.1. The molecule has 0 atom stereocenters. The molecule has 5 aromatic rings. The first kappa shape index (κ1) is 30.3. The number of rotatable bonds is 9. The Kier molecular flexibility index (Phi) is 8.91. The molecule has 0 saturated heterocycles. The highest BCUT2D eigenvalue weighted by molar-refractivity contribution is 6.30. The number of ether oxygens (including phenoxy) is 1. The fraction of sp³-hybridized carbons (Fsp3) is 0.105. The molecule has 0 saturated carbocycles. The van der Waals surface area contributed by atoms with Crippen molar-refractivity contribution in [1.82, 2.24) is 14.7 Å². The van der Waals surface area contributed by atoms with Crippen molar-refractivity contribution in [2.24, 2.45) is 0 Å². The monoisotopic (exact) mass is 624 g/mol. The number of halogens is 1. The molecule has 0 bridgehead atoms. The van der Waals surface area contributed by atoms with E-state index in [4.69, 9.17) is 21.4 Å². The standard InChI is InChI=1S/C38H29ClN4O3/c1-26-34(37(44)42(38(45)35(26)23-40)21-20-27-8-4-2-5-9-27)22-30-24-43(32-10-6-3-7-11-32)41-36(30)29-14-18-33(19-15-29)46-25-28-12-16-31(39)17-13-28/h2-19,22,24H,20-21,25H2,1H3/b34-22+. The van der Waals surface area contributed by atoms with E-state index in [1.165, 1.54) is 4.90 Å². The summed E-state index contributed by atoms with van der Waals surface area (Å²) in [7, 11) is 0. The Labute approximate surface area is 272 Å². The van der Waals surface area contributed by atoms with Crippen molar-refractivity contribution in [2.45, 2.75) is 20.0 Å². The first-order chi connectivity index (χ1) is 22.4. The van der Waals surface area contributed by atoms with Crippen molar-refractivity contribution >= 4 is 29.5 Å². The van der Waals surface area contributed by atoms with Gasteiger partial charge in [-0.05, 0) is 84.7 Å². The third-order valence-corrected chi connectivity index (χ3v) is 8.05. The van der Waals surface area contributed by atoms with E-state index >= 15 is 0 Å². The fourth-order valence-corrected chi connectivity index (χ4v) is 5.39. The number of carbonyl (C=O) groups excluding carboxylic acids is 2. The number of aromatic nitrogens is 2. The third kappa shape index (κ3) is 6.53. The molecule has 0 radical (unpaired) electrons. The van der Waals surface area contributed by atoms with Gasteiger partial charge >= 0.3 is 0 Å². The quantitative estimate of drug-likeness (QED) is 0.124. The van der Waals surface area contributed by atoms with Gasteiger partial charge in [-0.1, -0.05) is 72.3 Å². The minimum atomic E-state index is -0.576. The molecule has 1 aliphatic rings. The summed E-state index contributed by atoms with van der Waals surface area (Å²) in [4.78, 5) is 28.2. The smallest absolute Gasteiger partial charge is 0.271 e. The first-order valence-electron chi connectivity index (χ1n) is 14.8. The van der Waals surface area contributed by atoms with E-state index < -0.39 is 11.8 Å². The van der Waals surface area contributed by atoms with Crippen LogP contribution >= 0.6 is 11.6 Å². The van der Waals surface area contributed by atoms with Crippen LogP contribution in [0.4, 0.5) is 0 Å². The number of imide groups is 1. The van der Waals surface area contributed by atoms with Crippen LogP contribution in [0, 0.1) is 11.3 Å². The number of amides is 2. The number of nitriles is 1. The molecule has 46 heavy (non-hydrogen) atoms. The van der Waals surface area contributed by atoms with Crippen molar-refractivity contribution in [3.8, 4) is 28.8 Å². The fourth-order valence-electron chi connectivity index (χ4n) is 5.26. The molecule has 226 valence electrons. The first-order valence-corrected chi connectivity index (χ1v) is 15.1. The van der Waals surface area contributed by atoms with Gasteiger partial charge in [-0.3, -0.25) is 14.5 Å². The molecule has 6 rings (SSSR count). The second kappa shape index (κ2) is 13.5. The van der Waals surface area contributed by atoms with Crippen LogP contribution in [0.25, 0.3) is 23.0 Å². The highest BCUT2D eigenvalue weighted by Gasteiger charge is 2.35. The number of hydrogen-bond donors (Lipinski definition) is 0. The van der Waals surface area contributed by atoms with Crippen LogP contribution in [0.15, 0.2) is 132 Å². The van der Waals surface area contributed by atoms with Gasteiger partial charge in [-0.25, -0.2) is 4.68 Å². The number of para-hydroxylation sites is 1. The predicted molar refractivity (Wildman–Crippen MR) is 178 cm³/mol. The van der Waals surface area contributed by atoms with Crippen LogP contribution in [0.1, 0.15) is 23.6 Å². The SMILES string of the molecule is CC1=C(C#N)C(=O)N(CCc2ccccc2)C(=O)/C1=C/c1cn(-c2ccccc2)nc1-c1ccc(OCc2ccc(Cl)cc2)cc1. The molecule has 0 spiro atoms. The van der Waals surface area contributed by atoms with Crippen LogP contribution in [-0.4, -0.2) is 33.0 Å². The number of carbonyl (C=O) groups is 2. The minimum absolute atomic E-state index is 0.0434. The minimum Gasteiger partial charge on any atom is -0.489 e. The summed E-state index contributed by atoms with van der Waals surface area (Å²) >= 11 is 6.00. The Morgan fingerprint density at radius 1 is 0.848 bits per heavy atom. The number of nitrogens with zero attached hydrogens (tertiary/aromatic N) is 4. The highest BCUT2D eigenvalue weighted by atomic mass is 35.5. The summed E-state index contributed by atoms with van der Waals surface area (Å²) in [6.45, 7) is 2.19. The third-order valence-electron chi connectivity index (χ3n) is 7.80. The molecule has 4 aromatic carbocycles. The van der Waals surface area contributed by atoms with E-state index in [1.807, 2.05) is 121 Å². The van der Waals surface area contributed by atoms with Gasteiger partial charge in [0.1, 0.15) is 24.0 Å². The summed E-state index contributed by atoms with van der Waals surface area (Å²) in [5, 5.41) is 15.5.